The largest absolute Gasteiger partial charge is 0.416 e. The van der Waals surface area contributed by atoms with E-state index in [-0.39, 0.29) is 35.8 Å². The van der Waals surface area contributed by atoms with Crippen molar-refractivity contribution in [1.29, 1.82) is 0 Å². The highest BCUT2D eigenvalue weighted by Gasteiger charge is 2.53. The third-order valence-electron chi connectivity index (χ3n) is 7.88. The number of carbonyl (C=O) groups is 1. The fraction of sp³-hybridized carbons (Fsp3) is 0.519. The van der Waals surface area contributed by atoms with Gasteiger partial charge in [-0.2, -0.15) is 13.2 Å². The van der Waals surface area contributed by atoms with Crippen LogP contribution in [0.1, 0.15) is 62.1 Å². The summed E-state index contributed by atoms with van der Waals surface area (Å²) in [7, 11) is 0. The van der Waals surface area contributed by atoms with E-state index >= 15 is 0 Å². The molecule has 4 rings (SSSR count). The summed E-state index contributed by atoms with van der Waals surface area (Å²) >= 11 is 0. The predicted octanol–water partition coefficient (Wildman–Crippen LogP) is 6.28. The SMILES string of the molecule is CC(C)C1(C(=O)NCc2cc(F)cc(C(F)(F)F)c2)CC(N2CCC(c3ccc(F)cc3)CC2)C1. The smallest absolute Gasteiger partial charge is 0.352 e. The molecule has 0 bridgehead atoms. The lowest BCUT2D eigenvalue weighted by Crippen LogP contribution is -2.60. The van der Waals surface area contributed by atoms with E-state index < -0.39 is 23.0 Å². The van der Waals surface area contributed by atoms with Crippen LogP contribution in [-0.2, 0) is 17.5 Å². The lowest BCUT2D eigenvalue weighted by atomic mass is 9.58. The second-order valence-corrected chi connectivity index (χ2v) is 10.3. The number of hydrogen-bond donors (Lipinski definition) is 1. The molecule has 1 amide bonds. The summed E-state index contributed by atoms with van der Waals surface area (Å²) in [4.78, 5) is 15.6. The van der Waals surface area contributed by atoms with Gasteiger partial charge in [-0.25, -0.2) is 8.78 Å². The number of alkyl halides is 3. The third kappa shape index (κ3) is 5.52. The molecule has 1 saturated carbocycles. The quantitative estimate of drug-likeness (QED) is 0.479. The van der Waals surface area contributed by atoms with Gasteiger partial charge >= 0.3 is 6.18 Å². The number of benzene rings is 2. The summed E-state index contributed by atoms with van der Waals surface area (Å²) in [5.41, 5.74) is -0.406. The maximum atomic E-state index is 13.7. The van der Waals surface area contributed by atoms with Gasteiger partial charge in [0.05, 0.1) is 11.0 Å². The van der Waals surface area contributed by atoms with Crippen molar-refractivity contribution >= 4 is 5.91 Å². The Hall–Kier alpha value is -2.48. The molecule has 0 spiro atoms. The molecular formula is C27H31F5N2O. The van der Waals surface area contributed by atoms with Crippen LogP contribution >= 0.6 is 0 Å². The first-order valence-electron chi connectivity index (χ1n) is 12.1. The van der Waals surface area contributed by atoms with Gasteiger partial charge in [0, 0.05) is 12.6 Å². The zero-order valence-corrected chi connectivity index (χ0v) is 20.0. The Kier molecular flexibility index (Phi) is 7.23. The Morgan fingerprint density at radius 1 is 1.03 bits per heavy atom. The molecule has 1 N–H and O–H groups in total. The minimum atomic E-state index is -4.65. The summed E-state index contributed by atoms with van der Waals surface area (Å²) in [6, 6.07) is 9.33. The van der Waals surface area contributed by atoms with E-state index in [0.717, 1.165) is 43.6 Å². The standard InChI is InChI=1S/C27H31F5N2O/c1-17(2)26(25(35)33-16-18-11-21(27(30,31)32)13-23(29)12-18)14-24(15-26)34-9-7-20(8-10-34)19-3-5-22(28)6-4-19/h3-6,11-13,17,20,24H,7-10,14-16H2,1-2H3,(H,33,35). The molecule has 0 unspecified atom stereocenters. The zero-order valence-electron chi connectivity index (χ0n) is 20.0. The molecule has 3 nitrogen and oxygen atoms in total. The third-order valence-corrected chi connectivity index (χ3v) is 7.88. The lowest BCUT2D eigenvalue weighted by Gasteiger charge is -2.54. The van der Waals surface area contributed by atoms with Gasteiger partial charge in [0.2, 0.25) is 5.91 Å². The van der Waals surface area contributed by atoms with E-state index in [1.54, 1.807) is 0 Å². The Bertz CT molecular complexity index is 1040. The van der Waals surface area contributed by atoms with E-state index in [0.29, 0.717) is 24.8 Å². The van der Waals surface area contributed by atoms with Crippen molar-refractivity contribution in [2.75, 3.05) is 13.1 Å². The molecule has 1 aliphatic heterocycles. The highest BCUT2D eigenvalue weighted by atomic mass is 19.4. The van der Waals surface area contributed by atoms with Crippen LogP contribution in [0.5, 0.6) is 0 Å². The molecule has 1 saturated heterocycles. The number of halogens is 5. The number of amides is 1. The average Bonchev–Trinajstić information content (AvgIpc) is 2.77. The molecule has 0 atom stereocenters. The van der Waals surface area contributed by atoms with Crippen LogP contribution in [-0.4, -0.2) is 29.9 Å². The highest BCUT2D eigenvalue weighted by molar-refractivity contribution is 5.84. The number of piperidine rings is 1. The van der Waals surface area contributed by atoms with Crippen LogP contribution in [0.15, 0.2) is 42.5 Å². The highest BCUT2D eigenvalue weighted by Crippen LogP contribution is 2.50. The monoisotopic (exact) mass is 494 g/mol. The molecule has 190 valence electrons. The van der Waals surface area contributed by atoms with Crippen molar-refractivity contribution in [2.45, 2.75) is 64.2 Å². The summed E-state index contributed by atoms with van der Waals surface area (Å²) in [5.74, 6) is -0.938. The van der Waals surface area contributed by atoms with Crippen molar-refractivity contribution in [3.8, 4) is 0 Å². The fourth-order valence-electron chi connectivity index (χ4n) is 5.57. The van der Waals surface area contributed by atoms with E-state index in [2.05, 4.69) is 10.2 Å². The summed E-state index contributed by atoms with van der Waals surface area (Å²) < 4.78 is 65.9. The van der Waals surface area contributed by atoms with Crippen molar-refractivity contribution < 1.29 is 26.7 Å². The predicted molar refractivity (Wildman–Crippen MR) is 123 cm³/mol. The van der Waals surface area contributed by atoms with Crippen LogP contribution in [0.3, 0.4) is 0 Å². The molecule has 0 aromatic heterocycles. The molecule has 2 aromatic carbocycles. The molecule has 1 aliphatic carbocycles. The number of nitrogens with zero attached hydrogens (tertiary/aromatic N) is 1. The van der Waals surface area contributed by atoms with E-state index in [1.807, 2.05) is 26.0 Å². The van der Waals surface area contributed by atoms with E-state index in [1.165, 1.54) is 12.1 Å². The Balaban J connectivity index is 1.33. The summed E-state index contributed by atoms with van der Waals surface area (Å²) in [6.45, 7) is 5.64. The first-order valence-corrected chi connectivity index (χ1v) is 12.1. The van der Waals surface area contributed by atoms with Gasteiger partial charge in [-0.05, 0) is 92.1 Å². The molecule has 2 aliphatic rings. The zero-order chi connectivity index (χ0) is 25.4. The van der Waals surface area contributed by atoms with Crippen molar-refractivity contribution in [3.63, 3.8) is 0 Å². The second kappa shape index (κ2) is 9.88. The molecule has 0 radical (unpaired) electrons. The Labute approximate surface area is 202 Å². The Morgan fingerprint density at radius 3 is 2.23 bits per heavy atom. The minimum absolute atomic E-state index is 0.0637. The second-order valence-electron chi connectivity index (χ2n) is 10.3. The molecule has 2 fully saturated rings. The maximum absolute atomic E-state index is 13.7. The van der Waals surface area contributed by atoms with Crippen molar-refractivity contribution in [2.24, 2.45) is 11.3 Å². The summed E-state index contributed by atoms with van der Waals surface area (Å²) in [5, 5.41) is 2.76. The van der Waals surface area contributed by atoms with Gasteiger partial charge in [-0.15, -0.1) is 0 Å². The summed E-state index contributed by atoms with van der Waals surface area (Å²) in [6.07, 6.45) is -1.32. The van der Waals surface area contributed by atoms with Gasteiger partial charge < -0.3 is 10.2 Å². The molecule has 1 heterocycles. The number of hydrogen-bond acceptors (Lipinski definition) is 2. The fourth-order valence-corrected chi connectivity index (χ4v) is 5.57. The van der Waals surface area contributed by atoms with Gasteiger partial charge in [0.25, 0.3) is 0 Å². The van der Waals surface area contributed by atoms with Crippen LogP contribution in [0.4, 0.5) is 22.0 Å². The maximum Gasteiger partial charge on any atom is 0.416 e. The van der Waals surface area contributed by atoms with Crippen molar-refractivity contribution in [1.82, 2.24) is 10.2 Å². The van der Waals surface area contributed by atoms with Crippen LogP contribution < -0.4 is 5.32 Å². The van der Waals surface area contributed by atoms with Crippen LogP contribution in [0.25, 0.3) is 0 Å². The van der Waals surface area contributed by atoms with Crippen LogP contribution in [0.2, 0.25) is 0 Å². The van der Waals surface area contributed by atoms with Gasteiger partial charge in [0.1, 0.15) is 11.6 Å². The molecule has 8 heteroatoms. The van der Waals surface area contributed by atoms with Gasteiger partial charge in [-0.3, -0.25) is 4.79 Å². The van der Waals surface area contributed by atoms with Gasteiger partial charge in [0.15, 0.2) is 0 Å². The van der Waals surface area contributed by atoms with E-state index in [9.17, 15) is 26.7 Å². The van der Waals surface area contributed by atoms with E-state index in [4.69, 9.17) is 0 Å². The normalized spacial score (nSPS) is 23.8. The minimum Gasteiger partial charge on any atom is -0.352 e. The molecular weight excluding hydrogens is 463 g/mol. The molecule has 35 heavy (non-hydrogen) atoms. The number of nitrogens with one attached hydrogen (secondary N) is 1. The van der Waals surface area contributed by atoms with Crippen LogP contribution in [0, 0.1) is 23.0 Å². The number of rotatable bonds is 6. The first kappa shape index (κ1) is 25.6. The number of likely N-dealkylation sites (tertiary alicyclic amines) is 1. The Morgan fingerprint density at radius 2 is 1.66 bits per heavy atom. The average molecular weight is 495 g/mol. The number of carbonyl (C=O) groups excluding carboxylic acids is 1. The molecule has 2 aromatic rings. The topological polar surface area (TPSA) is 32.3 Å². The van der Waals surface area contributed by atoms with Crippen molar-refractivity contribution in [3.05, 3.63) is 70.8 Å². The lowest BCUT2D eigenvalue weighted by molar-refractivity contribution is -0.147. The first-order chi connectivity index (χ1) is 16.5. The van der Waals surface area contributed by atoms with Gasteiger partial charge in [-0.1, -0.05) is 26.0 Å².